The van der Waals surface area contributed by atoms with Gasteiger partial charge in [-0.15, -0.1) is 0 Å². The minimum absolute atomic E-state index is 0.0651. The molecule has 1 saturated carbocycles. The van der Waals surface area contributed by atoms with E-state index in [0.717, 1.165) is 19.3 Å². The molecule has 3 rings (SSSR count). The first-order valence-corrected chi connectivity index (χ1v) is 9.58. The van der Waals surface area contributed by atoms with Crippen molar-refractivity contribution in [1.82, 2.24) is 15.6 Å². The van der Waals surface area contributed by atoms with Gasteiger partial charge in [-0.25, -0.2) is 9.59 Å². The number of aryl methyl sites for hydroxylation is 1. The molecule has 2 N–H and O–H groups in total. The second-order valence-electron chi connectivity index (χ2n) is 7.29. The lowest BCUT2D eigenvalue weighted by molar-refractivity contribution is -0.123. The predicted molar refractivity (Wildman–Crippen MR) is 105 cm³/mol. The van der Waals surface area contributed by atoms with Crippen LogP contribution >= 0.6 is 0 Å². The van der Waals surface area contributed by atoms with E-state index in [9.17, 15) is 14.4 Å². The van der Waals surface area contributed by atoms with Crippen molar-refractivity contribution < 1.29 is 19.1 Å². The Labute approximate surface area is 163 Å². The zero-order valence-electron chi connectivity index (χ0n) is 16.2. The van der Waals surface area contributed by atoms with Crippen molar-refractivity contribution in [2.24, 2.45) is 5.92 Å². The van der Waals surface area contributed by atoms with Gasteiger partial charge in [0.15, 0.2) is 6.61 Å². The minimum Gasteiger partial charge on any atom is -0.452 e. The smallest absolute Gasteiger partial charge is 0.339 e. The van der Waals surface area contributed by atoms with Crippen LogP contribution in [-0.4, -0.2) is 35.5 Å². The summed E-state index contributed by atoms with van der Waals surface area (Å²) in [5.41, 5.74) is 1.70. The highest BCUT2D eigenvalue weighted by molar-refractivity contribution is 6.04. The highest BCUT2D eigenvalue weighted by atomic mass is 16.5. The molecule has 1 aliphatic rings. The summed E-state index contributed by atoms with van der Waals surface area (Å²) in [6.45, 7) is 3.35. The number of urea groups is 1. The molecule has 0 bridgehead atoms. The van der Waals surface area contributed by atoms with Gasteiger partial charge >= 0.3 is 12.0 Å². The highest BCUT2D eigenvalue weighted by Gasteiger charge is 2.23. The van der Waals surface area contributed by atoms with E-state index in [1.54, 1.807) is 25.1 Å². The number of carbonyl (C=O) groups is 3. The average molecular weight is 383 g/mol. The Morgan fingerprint density at radius 3 is 2.71 bits per heavy atom. The summed E-state index contributed by atoms with van der Waals surface area (Å²) in [7, 11) is 0. The van der Waals surface area contributed by atoms with Crippen molar-refractivity contribution in [2.75, 3.05) is 6.61 Å². The maximum Gasteiger partial charge on any atom is 0.339 e. The standard InChI is InChI=1S/C21H25N3O4/c1-13-7-3-5-9-17(13)23-21(27)24-19(25)12-28-20(26)16-11-14(2)22-18-10-6-4-8-15(16)18/h4,6,8,10-11,13,17H,3,5,7,9,12H2,1-2H3,(H2,23,24,25,27)/t13-,17+/m0/s1. The van der Waals surface area contributed by atoms with E-state index in [1.165, 1.54) is 6.42 Å². The van der Waals surface area contributed by atoms with Crippen LogP contribution in [0.25, 0.3) is 10.9 Å². The van der Waals surface area contributed by atoms with Gasteiger partial charge in [0.25, 0.3) is 5.91 Å². The molecule has 7 heteroatoms. The van der Waals surface area contributed by atoms with Crippen LogP contribution in [-0.2, 0) is 9.53 Å². The zero-order valence-corrected chi connectivity index (χ0v) is 16.2. The lowest BCUT2D eigenvalue weighted by atomic mass is 9.86. The van der Waals surface area contributed by atoms with Gasteiger partial charge in [-0.05, 0) is 37.8 Å². The monoisotopic (exact) mass is 383 g/mol. The Morgan fingerprint density at radius 1 is 1.18 bits per heavy atom. The van der Waals surface area contributed by atoms with Gasteiger partial charge in [-0.1, -0.05) is 38.0 Å². The number of esters is 1. The van der Waals surface area contributed by atoms with Gasteiger partial charge in [0, 0.05) is 17.1 Å². The molecule has 7 nitrogen and oxygen atoms in total. The van der Waals surface area contributed by atoms with E-state index in [1.807, 2.05) is 12.1 Å². The molecule has 1 aliphatic carbocycles. The van der Waals surface area contributed by atoms with Gasteiger partial charge in [0.05, 0.1) is 11.1 Å². The normalized spacial score (nSPS) is 19.1. The fraction of sp³-hybridized carbons (Fsp3) is 0.429. The maximum atomic E-state index is 12.4. The van der Waals surface area contributed by atoms with Gasteiger partial charge < -0.3 is 10.1 Å². The molecule has 148 valence electrons. The van der Waals surface area contributed by atoms with Crippen molar-refractivity contribution >= 4 is 28.8 Å². The Hall–Kier alpha value is -2.96. The van der Waals surface area contributed by atoms with Crippen LogP contribution in [0.1, 0.15) is 48.7 Å². The van der Waals surface area contributed by atoms with Crippen LogP contribution < -0.4 is 10.6 Å². The Balaban J connectivity index is 1.54. The number of nitrogens with one attached hydrogen (secondary N) is 2. The molecule has 2 atom stereocenters. The van der Waals surface area contributed by atoms with Crippen molar-refractivity contribution in [3.63, 3.8) is 0 Å². The highest BCUT2D eigenvalue weighted by Crippen LogP contribution is 2.23. The molecule has 1 aromatic heterocycles. The van der Waals surface area contributed by atoms with Crippen LogP contribution in [0, 0.1) is 12.8 Å². The number of hydrogen-bond acceptors (Lipinski definition) is 5. The largest absolute Gasteiger partial charge is 0.452 e. The summed E-state index contributed by atoms with van der Waals surface area (Å²) in [5, 5.41) is 5.71. The van der Waals surface area contributed by atoms with Crippen LogP contribution in [0.5, 0.6) is 0 Å². The Bertz CT molecular complexity index is 896. The Morgan fingerprint density at radius 2 is 1.93 bits per heavy atom. The number of ether oxygens (including phenoxy) is 1. The molecule has 0 saturated heterocycles. The van der Waals surface area contributed by atoms with Crippen molar-refractivity contribution in [2.45, 2.75) is 45.6 Å². The number of para-hydroxylation sites is 1. The number of aromatic nitrogens is 1. The molecule has 0 unspecified atom stereocenters. The quantitative estimate of drug-likeness (QED) is 0.791. The third-order valence-corrected chi connectivity index (χ3v) is 5.08. The van der Waals surface area contributed by atoms with E-state index in [0.29, 0.717) is 28.1 Å². The summed E-state index contributed by atoms with van der Waals surface area (Å²) in [5.74, 6) is -0.904. The van der Waals surface area contributed by atoms with Gasteiger partial charge in [0.1, 0.15) is 0 Å². The SMILES string of the molecule is Cc1cc(C(=O)OCC(=O)NC(=O)N[C@@H]2CCCC[C@@H]2C)c2ccccc2n1. The minimum atomic E-state index is -0.663. The van der Waals surface area contributed by atoms with Gasteiger partial charge in [0.2, 0.25) is 0 Å². The number of nitrogens with zero attached hydrogens (tertiary/aromatic N) is 1. The summed E-state index contributed by atoms with van der Waals surface area (Å²) < 4.78 is 5.11. The molecule has 28 heavy (non-hydrogen) atoms. The number of fused-ring (bicyclic) bond motifs is 1. The summed E-state index contributed by atoms with van der Waals surface area (Å²) in [4.78, 5) is 40.8. The summed E-state index contributed by atoms with van der Waals surface area (Å²) in [6.07, 6.45) is 4.21. The van der Waals surface area contributed by atoms with Crippen molar-refractivity contribution in [3.8, 4) is 0 Å². The molecule has 1 heterocycles. The van der Waals surface area contributed by atoms with E-state index in [2.05, 4.69) is 22.5 Å². The lowest BCUT2D eigenvalue weighted by Crippen LogP contribution is -2.48. The van der Waals surface area contributed by atoms with Crippen molar-refractivity contribution in [1.29, 1.82) is 0 Å². The molecular formula is C21H25N3O4. The molecule has 2 aromatic rings. The fourth-order valence-corrected chi connectivity index (χ4v) is 3.58. The second kappa shape index (κ2) is 8.82. The molecule has 0 spiro atoms. The molecular weight excluding hydrogens is 358 g/mol. The van der Waals surface area contributed by atoms with E-state index in [-0.39, 0.29) is 6.04 Å². The van der Waals surface area contributed by atoms with Crippen LogP contribution in [0.2, 0.25) is 0 Å². The van der Waals surface area contributed by atoms with Gasteiger partial charge in [-0.3, -0.25) is 15.1 Å². The number of amides is 3. The average Bonchev–Trinajstić information content (AvgIpc) is 2.67. The van der Waals surface area contributed by atoms with Gasteiger partial charge in [-0.2, -0.15) is 0 Å². The van der Waals surface area contributed by atoms with E-state index in [4.69, 9.17) is 4.74 Å². The summed E-state index contributed by atoms with van der Waals surface area (Å²) in [6, 6.07) is 8.36. The molecule has 1 aromatic carbocycles. The Kier molecular flexibility index (Phi) is 6.23. The third kappa shape index (κ3) is 4.85. The first-order chi connectivity index (χ1) is 13.4. The number of pyridine rings is 1. The first kappa shape index (κ1) is 19.8. The molecule has 1 fully saturated rings. The number of hydrogen-bond donors (Lipinski definition) is 2. The number of rotatable bonds is 4. The number of carbonyl (C=O) groups excluding carboxylic acids is 3. The maximum absolute atomic E-state index is 12.4. The van der Waals surface area contributed by atoms with Crippen LogP contribution in [0.15, 0.2) is 30.3 Å². The number of benzene rings is 1. The number of imide groups is 1. The summed E-state index contributed by atoms with van der Waals surface area (Å²) >= 11 is 0. The van der Waals surface area contributed by atoms with Crippen molar-refractivity contribution in [3.05, 3.63) is 41.6 Å². The molecule has 3 amide bonds. The van der Waals surface area contributed by atoms with Crippen LogP contribution in [0.3, 0.4) is 0 Å². The molecule has 0 aliphatic heterocycles. The van der Waals surface area contributed by atoms with E-state index >= 15 is 0 Å². The second-order valence-corrected chi connectivity index (χ2v) is 7.29. The van der Waals surface area contributed by atoms with E-state index < -0.39 is 24.5 Å². The predicted octanol–water partition coefficient (Wildman–Crippen LogP) is 3.10. The fourth-order valence-electron chi connectivity index (χ4n) is 3.58. The first-order valence-electron chi connectivity index (χ1n) is 9.58. The third-order valence-electron chi connectivity index (χ3n) is 5.08. The molecule has 0 radical (unpaired) electrons. The van der Waals surface area contributed by atoms with Crippen LogP contribution in [0.4, 0.5) is 4.79 Å². The lowest BCUT2D eigenvalue weighted by Gasteiger charge is -2.29. The topological polar surface area (TPSA) is 97.4 Å². The zero-order chi connectivity index (χ0) is 20.1.